The molecule has 2 aromatic carbocycles. The summed E-state index contributed by atoms with van der Waals surface area (Å²) in [5.41, 5.74) is 0.152. The molecule has 134 valence electrons. The first-order valence-electron chi connectivity index (χ1n) is 7.82. The van der Waals surface area contributed by atoms with Crippen LogP contribution in [-0.2, 0) is 9.84 Å². The summed E-state index contributed by atoms with van der Waals surface area (Å²) >= 11 is 3.36. The third-order valence-electron chi connectivity index (χ3n) is 3.51. The lowest BCUT2D eigenvalue weighted by molar-refractivity contribution is 0.0943. The van der Waals surface area contributed by atoms with Crippen molar-refractivity contribution in [1.82, 2.24) is 5.32 Å². The Kier molecular flexibility index (Phi) is 6.61. The molecular formula is C18H20BrNO4S. The number of benzene rings is 2. The van der Waals surface area contributed by atoms with E-state index in [2.05, 4.69) is 21.2 Å². The third-order valence-corrected chi connectivity index (χ3v) is 6.21. The Balaban J connectivity index is 2.00. The summed E-state index contributed by atoms with van der Waals surface area (Å²) in [7, 11) is -3.53. The summed E-state index contributed by atoms with van der Waals surface area (Å²) < 4.78 is 31.2. The van der Waals surface area contributed by atoms with Crippen molar-refractivity contribution in [3.8, 4) is 5.75 Å². The smallest absolute Gasteiger partial charge is 0.252 e. The second-order valence-corrected chi connectivity index (χ2v) is 9.04. The summed E-state index contributed by atoms with van der Waals surface area (Å²) in [5, 5.41) is 2.10. The second kappa shape index (κ2) is 8.49. The van der Waals surface area contributed by atoms with Crippen LogP contribution in [-0.4, -0.2) is 32.7 Å². The van der Waals surface area contributed by atoms with Crippen molar-refractivity contribution >= 4 is 31.7 Å². The molecule has 0 unspecified atom stereocenters. The maximum absolute atomic E-state index is 12.4. The van der Waals surface area contributed by atoms with E-state index >= 15 is 0 Å². The molecule has 0 heterocycles. The molecule has 0 aliphatic heterocycles. The van der Waals surface area contributed by atoms with Gasteiger partial charge in [-0.25, -0.2) is 8.42 Å². The second-order valence-electron chi connectivity index (χ2n) is 5.65. The molecule has 25 heavy (non-hydrogen) atoms. The van der Waals surface area contributed by atoms with Crippen LogP contribution in [0.1, 0.15) is 24.2 Å². The van der Waals surface area contributed by atoms with Crippen LogP contribution in [0.5, 0.6) is 5.75 Å². The van der Waals surface area contributed by atoms with E-state index in [0.717, 1.165) is 4.47 Å². The van der Waals surface area contributed by atoms with Gasteiger partial charge in [0.05, 0.1) is 22.3 Å². The first-order chi connectivity index (χ1) is 11.8. The fourth-order valence-electron chi connectivity index (χ4n) is 2.14. The highest BCUT2D eigenvalue weighted by molar-refractivity contribution is 9.10. The molecule has 0 aliphatic carbocycles. The van der Waals surface area contributed by atoms with Crippen LogP contribution >= 0.6 is 15.9 Å². The monoisotopic (exact) mass is 425 g/mol. The molecule has 0 fully saturated rings. The van der Waals surface area contributed by atoms with Gasteiger partial charge in [-0.3, -0.25) is 4.79 Å². The molecule has 2 rings (SSSR count). The molecule has 7 heteroatoms. The molecule has 0 radical (unpaired) electrons. The van der Waals surface area contributed by atoms with Gasteiger partial charge in [-0.05, 0) is 44.2 Å². The van der Waals surface area contributed by atoms with E-state index < -0.39 is 21.0 Å². The highest BCUT2D eigenvalue weighted by Crippen LogP contribution is 2.20. The van der Waals surface area contributed by atoms with E-state index in [-0.39, 0.29) is 23.6 Å². The number of hydrogen-bond acceptors (Lipinski definition) is 4. The van der Waals surface area contributed by atoms with E-state index in [0.29, 0.717) is 5.75 Å². The molecule has 1 amide bonds. The summed E-state index contributed by atoms with van der Waals surface area (Å²) in [4.78, 5) is 12.4. The minimum atomic E-state index is -3.53. The minimum absolute atomic E-state index is 0.0513. The lowest BCUT2D eigenvalue weighted by atomic mass is 10.2. The standard InChI is InChI=1S/C18H20BrNO4S/c1-13(2)25(22,23)17-9-4-3-8-16(17)18(21)20-10-11-24-15-7-5-6-14(19)12-15/h3-9,12-13H,10-11H2,1-2H3,(H,20,21). The first kappa shape index (κ1) is 19.5. The third kappa shape index (κ3) is 5.06. The molecule has 0 saturated carbocycles. The van der Waals surface area contributed by atoms with Crippen LogP contribution < -0.4 is 10.1 Å². The van der Waals surface area contributed by atoms with Gasteiger partial charge in [0.1, 0.15) is 12.4 Å². The minimum Gasteiger partial charge on any atom is -0.492 e. The molecule has 0 aromatic heterocycles. The van der Waals surface area contributed by atoms with Gasteiger partial charge in [0, 0.05) is 4.47 Å². The lowest BCUT2D eigenvalue weighted by Gasteiger charge is -2.13. The van der Waals surface area contributed by atoms with Gasteiger partial charge < -0.3 is 10.1 Å². The highest BCUT2D eigenvalue weighted by Gasteiger charge is 2.24. The van der Waals surface area contributed by atoms with Crippen molar-refractivity contribution < 1.29 is 17.9 Å². The van der Waals surface area contributed by atoms with Gasteiger partial charge in [0.2, 0.25) is 0 Å². The van der Waals surface area contributed by atoms with Crippen molar-refractivity contribution in [3.63, 3.8) is 0 Å². The number of ether oxygens (including phenoxy) is 1. The zero-order valence-corrected chi connectivity index (χ0v) is 16.4. The number of rotatable bonds is 7. The van der Waals surface area contributed by atoms with Crippen molar-refractivity contribution in [3.05, 3.63) is 58.6 Å². The van der Waals surface area contributed by atoms with Gasteiger partial charge in [0.25, 0.3) is 5.91 Å². The largest absolute Gasteiger partial charge is 0.492 e. The van der Waals surface area contributed by atoms with Gasteiger partial charge in [0.15, 0.2) is 9.84 Å². The molecule has 0 aliphatic rings. The average molecular weight is 426 g/mol. The SMILES string of the molecule is CC(C)S(=O)(=O)c1ccccc1C(=O)NCCOc1cccc(Br)c1. The zero-order valence-electron chi connectivity index (χ0n) is 14.0. The van der Waals surface area contributed by atoms with Crippen LogP contribution in [0.2, 0.25) is 0 Å². The van der Waals surface area contributed by atoms with Crippen LogP contribution in [0, 0.1) is 0 Å². The molecule has 2 aromatic rings. The summed E-state index contributed by atoms with van der Waals surface area (Å²) in [6.07, 6.45) is 0. The molecule has 5 nitrogen and oxygen atoms in total. The van der Waals surface area contributed by atoms with Gasteiger partial charge in [-0.1, -0.05) is 34.1 Å². The Bertz CT molecular complexity index is 850. The Labute approximate surface area is 156 Å². The fraction of sp³-hybridized carbons (Fsp3) is 0.278. The van der Waals surface area contributed by atoms with Crippen LogP contribution in [0.25, 0.3) is 0 Å². The van der Waals surface area contributed by atoms with E-state index in [4.69, 9.17) is 4.74 Å². The van der Waals surface area contributed by atoms with Crippen molar-refractivity contribution in [2.24, 2.45) is 0 Å². The van der Waals surface area contributed by atoms with E-state index in [9.17, 15) is 13.2 Å². The maximum atomic E-state index is 12.4. The Morgan fingerprint density at radius 2 is 1.88 bits per heavy atom. The van der Waals surface area contributed by atoms with Gasteiger partial charge >= 0.3 is 0 Å². The first-order valence-corrected chi connectivity index (χ1v) is 10.2. The predicted molar refractivity (Wildman–Crippen MR) is 101 cm³/mol. The highest BCUT2D eigenvalue weighted by atomic mass is 79.9. The normalized spacial score (nSPS) is 11.4. The quantitative estimate of drug-likeness (QED) is 0.689. The topological polar surface area (TPSA) is 72.5 Å². The number of amides is 1. The van der Waals surface area contributed by atoms with Gasteiger partial charge in [-0.15, -0.1) is 0 Å². The predicted octanol–water partition coefficient (Wildman–Crippen LogP) is 3.44. The van der Waals surface area contributed by atoms with Crippen LogP contribution in [0.3, 0.4) is 0 Å². The summed E-state index contributed by atoms with van der Waals surface area (Å²) in [6, 6.07) is 13.6. The summed E-state index contributed by atoms with van der Waals surface area (Å²) in [6.45, 7) is 3.73. The van der Waals surface area contributed by atoms with Crippen LogP contribution in [0.15, 0.2) is 57.9 Å². The Morgan fingerprint density at radius 1 is 1.16 bits per heavy atom. The van der Waals surface area contributed by atoms with Crippen LogP contribution in [0.4, 0.5) is 0 Å². The van der Waals surface area contributed by atoms with Gasteiger partial charge in [-0.2, -0.15) is 0 Å². The number of nitrogens with one attached hydrogen (secondary N) is 1. The van der Waals surface area contributed by atoms with Crippen molar-refractivity contribution in [2.75, 3.05) is 13.2 Å². The maximum Gasteiger partial charge on any atom is 0.252 e. The molecule has 1 N–H and O–H groups in total. The zero-order chi connectivity index (χ0) is 18.4. The van der Waals surface area contributed by atoms with E-state index in [1.54, 1.807) is 26.0 Å². The number of halogens is 1. The lowest BCUT2D eigenvalue weighted by Crippen LogP contribution is -2.30. The average Bonchev–Trinajstić information content (AvgIpc) is 2.58. The van der Waals surface area contributed by atoms with Crippen molar-refractivity contribution in [2.45, 2.75) is 24.0 Å². The number of carbonyl (C=O) groups is 1. The number of hydrogen-bond donors (Lipinski definition) is 1. The van der Waals surface area contributed by atoms with E-state index in [1.807, 2.05) is 24.3 Å². The Morgan fingerprint density at radius 3 is 2.56 bits per heavy atom. The molecule has 0 spiro atoms. The van der Waals surface area contributed by atoms with E-state index in [1.165, 1.54) is 12.1 Å². The Hall–Kier alpha value is -1.86. The molecular weight excluding hydrogens is 406 g/mol. The fourth-order valence-corrected chi connectivity index (χ4v) is 3.76. The number of carbonyl (C=O) groups excluding carboxylic acids is 1. The number of sulfone groups is 1. The van der Waals surface area contributed by atoms with Crippen molar-refractivity contribution in [1.29, 1.82) is 0 Å². The summed E-state index contributed by atoms with van der Waals surface area (Å²) in [5.74, 6) is 0.254. The molecule has 0 atom stereocenters. The molecule has 0 saturated heterocycles. The molecule has 0 bridgehead atoms.